The van der Waals surface area contributed by atoms with E-state index in [1.54, 1.807) is 0 Å². The van der Waals surface area contributed by atoms with Crippen LogP contribution in [-0.4, -0.2) is 19.8 Å². The molecule has 0 bridgehead atoms. The van der Waals surface area contributed by atoms with Crippen molar-refractivity contribution in [1.82, 2.24) is 0 Å². The number of unbranched alkanes of at least 4 members (excludes halogenated alkanes) is 4. The SMILES string of the molecule is CCCCCCCOCCCOc1ccc(CN)cc1. The first kappa shape index (κ1) is 17.0. The molecule has 0 fully saturated rings. The van der Waals surface area contributed by atoms with Gasteiger partial charge in [0.15, 0.2) is 0 Å². The lowest BCUT2D eigenvalue weighted by molar-refractivity contribution is 0.116. The number of hydrogen-bond donors (Lipinski definition) is 1. The predicted octanol–water partition coefficient (Wildman–Crippen LogP) is 3.90. The molecule has 0 spiro atoms. The predicted molar refractivity (Wildman–Crippen MR) is 84.0 cm³/mol. The Balaban J connectivity index is 1.91. The van der Waals surface area contributed by atoms with E-state index in [9.17, 15) is 0 Å². The van der Waals surface area contributed by atoms with Gasteiger partial charge in [0.2, 0.25) is 0 Å². The summed E-state index contributed by atoms with van der Waals surface area (Å²) in [5.74, 6) is 0.904. The average Bonchev–Trinajstić information content (AvgIpc) is 2.50. The van der Waals surface area contributed by atoms with Gasteiger partial charge in [0.1, 0.15) is 5.75 Å². The Labute approximate surface area is 123 Å². The monoisotopic (exact) mass is 279 g/mol. The maximum atomic E-state index is 5.64. The number of nitrogens with two attached hydrogens (primary N) is 1. The van der Waals surface area contributed by atoms with Crippen molar-refractivity contribution in [2.45, 2.75) is 52.0 Å². The van der Waals surface area contributed by atoms with Crippen molar-refractivity contribution in [2.75, 3.05) is 19.8 Å². The van der Waals surface area contributed by atoms with Gasteiger partial charge in [0, 0.05) is 26.2 Å². The molecular formula is C17H29NO2. The molecule has 0 saturated carbocycles. The van der Waals surface area contributed by atoms with Gasteiger partial charge in [-0.2, -0.15) is 0 Å². The quantitative estimate of drug-likeness (QED) is 0.590. The third-order valence-corrected chi connectivity index (χ3v) is 3.25. The molecular weight excluding hydrogens is 250 g/mol. The van der Waals surface area contributed by atoms with Gasteiger partial charge in [0.05, 0.1) is 6.61 Å². The van der Waals surface area contributed by atoms with Gasteiger partial charge in [-0.25, -0.2) is 0 Å². The largest absolute Gasteiger partial charge is 0.494 e. The standard InChI is InChI=1S/C17H29NO2/c1-2-3-4-5-6-12-19-13-7-14-20-17-10-8-16(15-18)9-11-17/h8-11H,2-7,12-15,18H2,1H3. The minimum atomic E-state index is 0.576. The van der Waals surface area contributed by atoms with Crippen molar-refractivity contribution in [1.29, 1.82) is 0 Å². The lowest BCUT2D eigenvalue weighted by atomic mass is 10.2. The minimum Gasteiger partial charge on any atom is -0.494 e. The van der Waals surface area contributed by atoms with Crippen molar-refractivity contribution in [2.24, 2.45) is 5.73 Å². The van der Waals surface area contributed by atoms with Crippen LogP contribution in [0.25, 0.3) is 0 Å². The van der Waals surface area contributed by atoms with Gasteiger partial charge in [-0.1, -0.05) is 44.7 Å². The zero-order valence-corrected chi connectivity index (χ0v) is 12.8. The van der Waals surface area contributed by atoms with Crippen LogP contribution in [0, 0.1) is 0 Å². The van der Waals surface area contributed by atoms with E-state index in [0.29, 0.717) is 13.2 Å². The minimum absolute atomic E-state index is 0.576. The first-order valence-corrected chi connectivity index (χ1v) is 7.86. The molecule has 114 valence electrons. The number of benzene rings is 1. The zero-order chi connectivity index (χ0) is 14.5. The van der Waals surface area contributed by atoms with Crippen LogP contribution in [0.1, 0.15) is 51.0 Å². The zero-order valence-electron chi connectivity index (χ0n) is 12.8. The van der Waals surface area contributed by atoms with Gasteiger partial charge in [0.25, 0.3) is 0 Å². The van der Waals surface area contributed by atoms with Gasteiger partial charge >= 0.3 is 0 Å². The Bertz CT molecular complexity index is 324. The van der Waals surface area contributed by atoms with Crippen LogP contribution in [-0.2, 0) is 11.3 Å². The van der Waals surface area contributed by atoms with E-state index < -0.39 is 0 Å². The summed E-state index contributed by atoms with van der Waals surface area (Å²) in [6.45, 7) is 5.19. The summed E-state index contributed by atoms with van der Waals surface area (Å²) in [6, 6.07) is 7.94. The highest BCUT2D eigenvalue weighted by atomic mass is 16.5. The highest BCUT2D eigenvalue weighted by Crippen LogP contribution is 2.12. The van der Waals surface area contributed by atoms with Crippen LogP contribution in [0.5, 0.6) is 5.75 Å². The lowest BCUT2D eigenvalue weighted by Crippen LogP contribution is -2.04. The second-order valence-corrected chi connectivity index (χ2v) is 5.08. The second kappa shape index (κ2) is 11.7. The summed E-state index contributed by atoms with van der Waals surface area (Å²) in [4.78, 5) is 0. The Morgan fingerprint density at radius 2 is 1.55 bits per heavy atom. The first-order chi connectivity index (χ1) is 9.86. The Morgan fingerprint density at radius 1 is 0.850 bits per heavy atom. The summed E-state index contributed by atoms with van der Waals surface area (Å²) in [5.41, 5.74) is 6.68. The van der Waals surface area contributed by atoms with Gasteiger partial charge in [-0.3, -0.25) is 0 Å². The van der Waals surface area contributed by atoms with Crippen molar-refractivity contribution in [3.8, 4) is 5.75 Å². The molecule has 3 nitrogen and oxygen atoms in total. The number of rotatable bonds is 12. The summed E-state index contributed by atoms with van der Waals surface area (Å²) in [5, 5.41) is 0. The van der Waals surface area contributed by atoms with Crippen LogP contribution in [0.15, 0.2) is 24.3 Å². The summed E-state index contributed by atoms with van der Waals surface area (Å²) >= 11 is 0. The van der Waals surface area contributed by atoms with Crippen LogP contribution < -0.4 is 10.5 Å². The van der Waals surface area contributed by atoms with Gasteiger partial charge in [-0.15, -0.1) is 0 Å². The molecule has 0 unspecified atom stereocenters. The van der Waals surface area contributed by atoms with E-state index >= 15 is 0 Å². The molecule has 1 rings (SSSR count). The Hall–Kier alpha value is -1.06. The first-order valence-electron chi connectivity index (χ1n) is 7.86. The van der Waals surface area contributed by atoms with E-state index in [1.165, 1.54) is 32.1 Å². The number of ether oxygens (including phenoxy) is 2. The average molecular weight is 279 g/mol. The van der Waals surface area contributed by atoms with Crippen LogP contribution >= 0.6 is 0 Å². The third kappa shape index (κ3) is 8.18. The fraction of sp³-hybridized carbons (Fsp3) is 0.647. The normalized spacial score (nSPS) is 10.7. The fourth-order valence-electron chi connectivity index (χ4n) is 1.98. The molecule has 20 heavy (non-hydrogen) atoms. The Kier molecular flexibility index (Phi) is 9.98. The molecule has 0 aliphatic rings. The molecule has 0 amide bonds. The second-order valence-electron chi connectivity index (χ2n) is 5.08. The van der Waals surface area contributed by atoms with Crippen LogP contribution in [0.4, 0.5) is 0 Å². The molecule has 0 radical (unpaired) electrons. The lowest BCUT2D eigenvalue weighted by Gasteiger charge is -2.07. The summed E-state index contributed by atoms with van der Waals surface area (Å²) in [6.07, 6.45) is 7.38. The summed E-state index contributed by atoms with van der Waals surface area (Å²) < 4.78 is 11.2. The Morgan fingerprint density at radius 3 is 2.25 bits per heavy atom. The molecule has 0 aromatic heterocycles. The van der Waals surface area contributed by atoms with E-state index in [1.807, 2.05) is 24.3 Å². The molecule has 2 N–H and O–H groups in total. The molecule has 0 aliphatic carbocycles. The molecule has 0 heterocycles. The maximum Gasteiger partial charge on any atom is 0.119 e. The van der Waals surface area contributed by atoms with Crippen molar-refractivity contribution in [3.63, 3.8) is 0 Å². The van der Waals surface area contributed by atoms with Crippen molar-refractivity contribution in [3.05, 3.63) is 29.8 Å². The highest BCUT2D eigenvalue weighted by Gasteiger charge is 1.95. The van der Waals surface area contributed by atoms with E-state index in [2.05, 4.69) is 6.92 Å². The van der Waals surface area contributed by atoms with E-state index in [4.69, 9.17) is 15.2 Å². The molecule has 0 saturated heterocycles. The topological polar surface area (TPSA) is 44.5 Å². The fourth-order valence-corrected chi connectivity index (χ4v) is 1.98. The summed E-state index contributed by atoms with van der Waals surface area (Å²) in [7, 11) is 0. The third-order valence-electron chi connectivity index (χ3n) is 3.25. The highest BCUT2D eigenvalue weighted by molar-refractivity contribution is 5.26. The van der Waals surface area contributed by atoms with Crippen molar-refractivity contribution >= 4 is 0 Å². The van der Waals surface area contributed by atoms with E-state index in [-0.39, 0.29) is 0 Å². The van der Waals surface area contributed by atoms with Crippen LogP contribution in [0.2, 0.25) is 0 Å². The van der Waals surface area contributed by atoms with Crippen LogP contribution in [0.3, 0.4) is 0 Å². The van der Waals surface area contributed by atoms with Gasteiger partial charge in [-0.05, 0) is 24.1 Å². The number of hydrogen-bond acceptors (Lipinski definition) is 3. The maximum absolute atomic E-state index is 5.64. The molecule has 1 aromatic rings. The molecule has 0 atom stereocenters. The smallest absolute Gasteiger partial charge is 0.119 e. The molecule has 3 heteroatoms. The van der Waals surface area contributed by atoms with Gasteiger partial charge < -0.3 is 15.2 Å². The molecule has 0 aliphatic heterocycles. The van der Waals surface area contributed by atoms with E-state index in [0.717, 1.165) is 30.9 Å². The molecule has 1 aromatic carbocycles. The van der Waals surface area contributed by atoms with Crippen molar-refractivity contribution < 1.29 is 9.47 Å².